The zero-order valence-electron chi connectivity index (χ0n) is 22.0. The number of benzene rings is 3. The predicted octanol–water partition coefficient (Wildman–Crippen LogP) is 6.34. The zero-order valence-corrected chi connectivity index (χ0v) is 22.0. The molecule has 0 unspecified atom stereocenters. The first-order chi connectivity index (χ1) is 17.3. The van der Waals surface area contributed by atoms with E-state index in [4.69, 9.17) is 18.9 Å². The number of carbonyl (C=O) groups is 2. The maximum absolute atomic E-state index is 13.7. The summed E-state index contributed by atoms with van der Waals surface area (Å²) in [4.78, 5) is 27.0. The lowest BCUT2D eigenvalue weighted by atomic mass is 9.83. The van der Waals surface area contributed by atoms with Crippen LogP contribution in [0.3, 0.4) is 0 Å². The van der Waals surface area contributed by atoms with Gasteiger partial charge in [-0.25, -0.2) is 4.79 Å². The van der Waals surface area contributed by atoms with Crippen molar-refractivity contribution in [3.63, 3.8) is 0 Å². The fourth-order valence-electron chi connectivity index (χ4n) is 4.69. The number of Topliss-reactive ketones (excluding diaryl/α,β-unsaturated/α-hetero) is 1. The first kappa shape index (κ1) is 26.9. The number of ketones is 1. The summed E-state index contributed by atoms with van der Waals surface area (Å²) in [5.41, 5.74) is 1.83. The van der Waals surface area contributed by atoms with E-state index in [1.165, 1.54) is 21.3 Å². The van der Waals surface area contributed by atoms with Crippen molar-refractivity contribution in [2.24, 2.45) is 5.92 Å². The molecule has 36 heavy (non-hydrogen) atoms. The predicted molar refractivity (Wildman–Crippen MR) is 140 cm³/mol. The van der Waals surface area contributed by atoms with Crippen LogP contribution < -0.4 is 14.2 Å². The van der Waals surface area contributed by atoms with Crippen LogP contribution in [0, 0.1) is 12.8 Å². The van der Waals surface area contributed by atoms with Gasteiger partial charge in [0.25, 0.3) is 0 Å². The van der Waals surface area contributed by atoms with Gasteiger partial charge in [0, 0.05) is 17.4 Å². The van der Waals surface area contributed by atoms with Crippen molar-refractivity contribution in [3.05, 3.63) is 47.0 Å². The summed E-state index contributed by atoms with van der Waals surface area (Å²) in [6, 6.07) is 8.77. The Kier molecular flexibility index (Phi) is 8.45. The van der Waals surface area contributed by atoms with Crippen molar-refractivity contribution >= 4 is 22.5 Å². The lowest BCUT2D eigenvalue weighted by molar-refractivity contribution is 0.0597. The number of carbonyl (C=O) groups excluding carboxylic acids is 2. The molecule has 7 heteroatoms. The molecule has 0 aliphatic rings. The average molecular weight is 495 g/mol. The molecule has 0 bridgehead atoms. The Morgan fingerprint density at radius 2 is 1.56 bits per heavy atom. The topological polar surface area (TPSA) is 91.3 Å². The molecular weight excluding hydrogens is 460 g/mol. The molecule has 1 N–H and O–H groups in total. The average Bonchev–Trinajstić information content (AvgIpc) is 2.90. The first-order valence-corrected chi connectivity index (χ1v) is 12.0. The summed E-state index contributed by atoms with van der Waals surface area (Å²) < 4.78 is 21.5. The number of phenolic OH excluding ortho intramolecular Hbond substituents is 1. The zero-order chi connectivity index (χ0) is 26.6. The second-order valence-corrected chi connectivity index (χ2v) is 8.71. The number of hydrogen-bond donors (Lipinski definition) is 1. The van der Waals surface area contributed by atoms with Gasteiger partial charge >= 0.3 is 5.97 Å². The fraction of sp³-hybridized carbons (Fsp3) is 0.379. The minimum Gasteiger partial charge on any atom is -0.507 e. The molecule has 0 amide bonds. The molecule has 0 fully saturated rings. The van der Waals surface area contributed by atoms with Crippen molar-refractivity contribution in [2.45, 2.75) is 40.0 Å². The minimum absolute atomic E-state index is 0.0268. The molecule has 0 saturated heterocycles. The molecular formula is C29H34O7. The van der Waals surface area contributed by atoms with Crippen molar-refractivity contribution in [1.29, 1.82) is 0 Å². The number of hydrogen-bond acceptors (Lipinski definition) is 7. The molecule has 0 heterocycles. The largest absolute Gasteiger partial charge is 0.507 e. The Morgan fingerprint density at radius 1 is 0.889 bits per heavy atom. The fourth-order valence-corrected chi connectivity index (χ4v) is 4.69. The quantitative estimate of drug-likeness (QED) is 0.260. The van der Waals surface area contributed by atoms with Gasteiger partial charge in [-0.1, -0.05) is 32.8 Å². The smallest absolute Gasteiger partial charge is 0.339 e. The van der Waals surface area contributed by atoms with E-state index in [9.17, 15) is 14.7 Å². The highest BCUT2D eigenvalue weighted by molar-refractivity contribution is 6.20. The van der Waals surface area contributed by atoms with Gasteiger partial charge in [-0.15, -0.1) is 0 Å². The van der Waals surface area contributed by atoms with E-state index in [0.717, 1.165) is 18.4 Å². The van der Waals surface area contributed by atoms with Crippen LogP contribution in [0.1, 0.15) is 59.4 Å². The molecule has 192 valence electrons. The van der Waals surface area contributed by atoms with Crippen molar-refractivity contribution in [3.8, 4) is 34.1 Å². The van der Waals surface area contributed by atoms with Gasteiger partial charge in [0.05, 0.1) is 39.6 Å². The number of ether oxygens (including phenoxy) is 4. The lowest BCUT2D eigenvalue weighted by Gasteiger charge is -2.22. The Hall–Kier alpha value is -3.74. The van der Waals surface area contributed by atoms with Gasteiger partial charge in [0.1, 0.15) is 11.5 Å². The summed E-state index contributed by atoms with van der Waals surface area (Å²) in [5, 5.41) is 12.5. The number of esters is 1. The third kappa shape index (κ3) is 4.83. The molecule has 0 saturated carbocycles. The number of methoxy groups -OCH3 is 4. The molecule has 0 aromatic heterocycles. The minimum atomic E-state index is -0.708. The van der Waals surface area contributed by atoms with Crippen LogP contribution in [-0.4, -0.2) is 45.3 Å². The summed E-state index contributed by atoms with van der Waals surface area (Å²) in [6.45, 7) is 5.90. The van der Waals surface area contributed by atoms with Crippen LogP contribution in [0.2, 0.25) is 0 Å². The number of fused-ring (bicyclic) bond motifs is 1. The van der Waals surface area contributed by atoms with Crippen molar-refractivity contribution < 1.29 is 33.6 Å². The second-order valence-electron chi connectivity index (χ2n) is 8.71. The van der Waals surface area contributed by atoms with Gasteiger partial charge in [0.2, 0.25) is 0 Å². The normalized spacial score (nSPS) is 11.0. The molecule has 0 aliphatic heterocycles. The van der Waals surface area contributed by atoms with Crippen LogP contribution >= 0.6 is 0 Å². The third-order valence-corrected chi connectivity index (χ3v) is 6.76. The van der Waals surface area contributed by atoms with Crippen LogP contribution in [0.4, 0.5) is 0 Å². The standard InChI is InChI=1S/C29H34O7/c1-8-17(9-2)13-21(30)26-27(29(32)36-7)25(18-10-11-22(34-5)23(14-18)35-6)24-16(3)12-19(33-4)15-20(24)28(26)31/h10-12,14-15,17,31H,8-9,13H2,1-7H3. The molecule has 7 nitrogen and oxygen atoms in total. The van der Waals surface area contributed by atoms with E-state index in [-0.39, 0.29) is 35.0 Å². The third-order valence-electron chi connectivity index (χ3n) is 6.76. The van der Waals surface area contributed by atoms with E-state index < -0.39 is 5.97 Å². The number of phenols is 1. The Morgan fingerprint density at radius 3 is 2.11 bits per heavy atom. The first-order valence-electron chi connectivity index (χ1n) is 12.0. The van der Waals surface area contributed by atoms with E-state index in [2.05, 4.69) is 0 Å². The van der Waals surface area contributed by atoms with Gasteiger partial charge in [-0.2, -0.15) is 0 Å². The number of aromatic hydroxyl groups is 1. The van der Waals surface area contributed by atoms with E-state index in [0.29, 0.717) is 39.1 Å². The number of rotatable bonds is 10. The highest BCUT2D eigenvalue weighted by atomic mass is 16.5. The molecule has 3 aromatic rings. The van der Waals surface area contributed by atoms with Gasteiger partial charge in [-0.05, 0) is 53.6 Å². The summed E-state index contributed by atoms with van der Waals surface area (Å²) in [5.74, 6) is 0.348. The van der Waals surface area contributed by atoms with Gasteiger partial charge in [-0.3, -0.25) is 4.79 Å². The van der Waals surface area contributed by atoms with E-state index in [1.54, 1.807) is 31.4 Å². The van der Waals surface area contributed by atoms with Crippen LogP contribution in [0.25, 0.3) is 21.9 Å². The van der Waals surface area contributed by atoms with Crippen LogP contribution in [0.5, 0.6) is 23.0 Å². The highest BCUT2D eigenvalue weighted by Gasteiger charge is 2.31. The number of aryl methyl sites for hydroxylation is 1. The monoisotopic (exact) mass is 494 g/mol. The van der Waals surface area contributed by atoms with E-state index >= 15 is 0 Å². The van der Waals surface area contributed by atoms with Crippen molar-refractivity contribution in [1.82, 2.24) is 0 Å². The Bertz CT molecular complexity index is 1290. The van der Waals surface area contributed by atoms with Crippen LogP contribution in [-0.2, 0) is 4.74 Å². The summed E-state index contributed by atoms with van der Waals surface area (Å²) in [7, 11) is 5.86. The molecule has 3 aromatic carbocycles. The SMILES string of the molecule is CCC(CC)CC(=O)c1c(C(=O)OC)c(-c2ccc(OC)c(OC)c2)c2c(C)cc(OC)cc2c1O. The maximum Gasteiger partial charge on any atom is 0.339 e. The molecule has 0 spiro atoms. The highest BCUT2D eigenvalue weighted by Crippen LogP contribution is 2.46. The van der Waals surface area contributed by atoms with Crippen LogP contribution in [0.15, 0.2) is 30.3 Å². The summed E-state index contributed by atoms with van der Waals surface area (Å²) >= 11 is 0. The molecule has 0 atom stereocenters. The Balaban J connectivity index is 2.54. The van der Waals surface area contributed by atoms with Gasteiger partial charge < -0.3 is 24.1 Å². The lowest BCUT2D eigenvalue weighted by Crippen LogP contribution is -2.16. The van der Waals surface area contributed by atoms with Gasteiger partial charge in [0.15, 0.2) is 17.3 Å². The maximum atomic E-state index is 13.7. The molecule has 0 aliphatic carbocycles. The molecule has 0 radical (unpaired) electrons. The second kappa shape index (κ2) is 11.3. The van der Waals surface area contributed by atoms with E-state index in [1.807, 2.05) is 26.8 Å². The summed E-state index contributed by atoms with van der Waals surface area (Å²) in [6.07, 6.45) is 1.81. The molecule has 3 rings (SSSR count). The Labute approximate surface area is 211 Å². The van der Waals surface area contributed by atoms with Crippen molar-refractivity contribution in [2.75, 3.05) is 28.4 Å².